The Labute approximate surface area is 64.5 Å². The number of carbonyl (C=O) groups excluding carboxylic acids is 1. The van der Waals surface area contributed by atoms with Gasteiger partial charge in [0.2, 0.25) is 5.84 Å². The van der Waals surface area contributed by atoms with Gasteiger partial charge in [0, 0.05) is 0 Å². The predicted molar refractivity (Wildman–Crippen MR) is 38.7 cm³/mol. The van der Waals surface area contributed by atoms with E-state index in [1.54, 1.807) is 13.0 Å². The monoisotopic (exact) mass is 155 g/mol. The number of carbonyl (C=O) groups is 1. The summed E-state index contributed by atoms with van der Waals surface area (Å²) < 4.78 is 4.50. The van der Waals surface area contributed by atoms with Gasteiger partial charge in [-0.1, -0.05) is 0 Å². The molecular weight excluding hydrogens is 146 g/mol. The van der Waals surface area contributed by atoms with Crippen LogP contribution < -0.4 is 5.73 Å². The molecule has 0 heterocycles. The summed E-state index contributed by atoms with van der Waals surface area (Å²) in [6.07, 6.45) is 0. The molecule has 0 amide bonds. The molecule has 0 atom stereocenters. The number of esters is 1. The summed E-state index contributed by atoms with van der Waals surface area (Å²) in [6, 6.07) is 1.72. The molecule has 0 unspecified atom stereocenters. The van der Waals surface area contributed by atoms with E-state index in [1.807, 2.05) is 0 Å². The zero-order valence-electron chi connectivity index (χ0n) is 6.20. The maximum atomic E-state index is 10.7. The van der Waals surface area contributed by atoms with Crippen molar-refractivity contribution >= 4 is 11.8 Å². The Hall–Kier alpha value is -1.57. The standard InChI is InChI=1S/C6H9N3O2/c1-2-11-6(10)5(8)9-4-3-7/h2,4H2,1H3,(H2,8,9). The molecule has 5 heteroatoms. The maximum absolute atomic E-state index is 10.7. The number of hydrogen-bond acceptors (Lipinski definition) is 4. The van der Waals surface area contributed by atoms with Crippen molar-refractivity contribution in [3.63, 3.8) is 0 Å². The first-order chi connectivity index (χ1) is 5.22. The average molecular weight is 155 g/mol. The summed E-state index contributed by atoms with van der Waals surface area (Å²) in [4.78, 5) is 14.1. The molecular formula is C6H9N3O2. The van der Waals surface area contributed by atoms with Gasteiger partial charge in [0.25, 0.3) is 0 Å². The van der Waals surface area contributed by atoms with Gasteiger partial charge in [-0.3, -0.25) is 0 Å². The van der Waals surface area contributed by atoms with E-state index >= 15 is 0 Å². The van der Waals surface area contributed by atoms with E-state index in [9.17, 15) is 4.79 Å². The lowest BCUT2D eigenvalue weighted by atomic mass is 10.6. The minimum Gasteiger partial charge on any atom is -0.460 e. The van der Waals surface area contributed by atoms with E-state index in [-0.39, 0.29) is 19.0 Å². The highest BCUT2D eigenvalue weighted by molar-refractivity contribution is 6.34. The van der Waals surface area contributed by atoms with Crippen molar-refractivity contribution < 1.29 is 9.53 Å². The molecule has 0 aromatic carbocycles. The van der Waals surface area contributed by atoms with Crippen molar-refractivity contribution in [1.82, 2.24) is 0 Å². The van der Waals surface area contributed by atoms with Gasteiger partial charge >= 0.3 is 5.97 Å². The van der Waals surface area contributed by atoms with E-state index in [1.165, 1.54) is 0 Å². The number of nitrogens with two attached hydrogens (primary N) is 1. The van der Waals surface area contributed by atoms with Crippen LogP contribution in [0.4, 0.5) is 0 Å². The lowest BCUT2D eigenvalue weighted by Gasteiger charge is -1.97. The van der Waals surface area contributed by atoms with Crippen LogP contribution in [-0.2, 0) is 9.53 Å². The largest absolute Gasteiger partial charge is 0.460 e. The Kier molecular flexibility index (Phi) is 4.49. The summed E-state index contributed by atoms with van der Waals surface area (Å²) in [6.45, 7) is 1.79. The number of nitriles is 1. The number of rotatable bonds is 2. The molecule has 0 aromatic rings. The van der Waals surface area contributed by atoms with Crippen LogP contribution in [0, 0.1) is 11.3 Å². The first kappa shape index (κ1) is 9.43. The molecule has 0 spiro atoms. The molecule has 60 valence electrons. The lowest BCUT2D eigenvalue weighted by molar-refractivity contribution is -0.135. The fourth-order valence-electron chi connectivity index (χ4n) is 0.390. The third kappa shape index (κ3) is 3.92. The molecule has 0 aromatic heterocycles. The second-order valence-electron chi connectivity index (χ2n) is 1.58. The van der Waals surface area contributed by atoms with Crippen LogP contribution in [0.3, 0.4) is 0 Å². The lowest BCUT2D eigenvalue weighted by Crippen LogP contribution is -2.26. The van der Waals surface area contributed by atoms with Crippen molar-refractivity contribution in [2.75, 3.05) is 13.2 Å². The summed E-state index contributed by atoms with van der Waals surface area (Å²) in [5, 5.41) is 8.06. The van der Waals surface area contributed by atoms with Gasteiger partial charge in [-0.15, -0.1) is 0 Å². The van der Waals surface area contributed by atoms with Crippen LogP contribution in [0.15, 0.2) is 4.99 Å². The third-order valence-electron chi connectivity index (χ3n) is 0.805. The van der Waals surface area contributed by atoms with Gasteiger partial charge in [0.1, 0.15) is 6.54 Å². The van der Waals surface area contributed by atoms with Crippen LogP contribution in [0.25, 0.3) is 0 Å². The van der Waals surface area contributed by atoms with Crippen molar-refractivity contribution in [3.05, 3.63) is 0 Å². The first-order valence-electron chi connectivity index (χ1n) is 3.06. The molecule has 0 bridgehead atoms. The normalized spacial score (nSPS) is 10.4. The van der Waals surface area contributed by atoms with Crippen LogP contribution in [0.2, 0.25) is 0 Å². The summed E-state index contributed by atoms with van der Waals surface area (Å²) in [5.41, 5.74) is 5.11. The predicted octanol–water partition coefficient (Wildman–Crippen LogP) is -0.570. The fraction of sp³-hybridized carbons (Fsp3) is 0.500. The molecule has 0 radical (unpaired) electrons. The Morgan fingerprint density at radius 3 is 2.91 bits per heavy atom. The summed E-state index contributed by atoms with van der Waals surface area (Å²) >= 11 is 0. The average Bonchev–Trinajstić information content (AvgIpc) is 2.00. The van der Waals surface area contributed by atoms with E-state index in [0.29, 0.717) is 0 Å². The highest BCUT2D eigenvalue weighted by Gasteiger charge is 2.05. The molecule has 11 heavy (non-hydrogen) atoms. The van der Waals surface area contributed by atoms with Crippen molar-refractivity contribution in [3.8, 4) is 6.07 Å². The number of aliphatic imine (C=N–C) groups is 1. The van der Waals surface area contributed by atoms with Crippen LogP contribution in [0.5, 0.6) is 0 Å². The third-order valence-corrected chi connectivity index (χ3v) is 0.805. The molecule has 0 fully saturated rings. The molecule has 0 saturated carbocycles. The highest BCUT2D eigenvalue weighted by Crippen LogP contribution is 1.78. The smallest absolute Gasteiger partial charge is 0.373 e. The molecule has 5 nitrogen and oxygen atoms in total. The number of hydrogen-bond donors (Lipinski definition) is 1. The Bertz CT molecular complexity index is 204. The number of nitrogens with zero attached hydrogens (tertiary/aromatic N) is 2. The van der Waals surface area contributed by atoms with Gasteiger partial charge in [-0.2, -0.15) is 5.26 Å². The van der Waals surface area contributed by atoms with Gasteiger partial charge in [-0.25, -0.2) is 9.79 Å². The van der Waals surface area contributed by atoms with Crippen LogP contribution in [0.1, 0.15) is 6.92 Å². The topological polar surface area (TPSA) is 88.5 Å². The maximum Gasteiger partial charge on any atom is 0.373 e. The van der Waals surface area contributed by atoms with Crippen LogP contribution in [-0.4, -0.2) is 25.0 Å². The molecule has 0 rings (SSSR count). The van der Waals surface area contributed by atoms with Gasteiger partial charge < -0.3 is 10.5 Å². The van der Waals surface area contributed by atoms with Gasteiger partial charge in [0.15, 0.2) is 0 Å². The Morgan fingerprint density at radius 1 is 1.82 bits per heavy atom. The molecule has 0 aliphatic heterocycles. The molecule has 0 saturated heterocycles. The van der Waals surface area contributed by atoms with E-state index in [2.05, 4.69) is 9.73 Å². The summed E-state index contributed by atoms with van der Waals surface area (Å²) in [5.74, 6) is -0.934. The minimum atomic E-state index is -0.678. The number of ether oxygens (including phenoxy) is 1. The van der Waals surface area contributed by atoms with E-state index in [4.69, 9.17) is 11.0 Å². The Balaban J connectivity index is 3.92. The fourth-order valence-corrected chi connectivity index (χ4v) is 0.390. The highest BCUT2D eigenvalue weighted by atomic mass is 16.5. The quantitative estimate of drug-likeness (QED) is 0.250. The van der Waals surface area contributed by atoms with E-state index in [0.717, 1.165) is 0 Å². The Morgan fingerprint density at radius 2 is 2.45 bits per heavy atom. The van der Waals surface area contributed by atoms with Crippen molar-refractivity contribution in [2.45, 2.75) is 6.92 Å². The van der Waals surface area contributed by atoms with E-state index < -0.39 is 5.97 Å². The second kappa shape index (κ2) is 5.23. The van der Waals surface area contributed by atoms with Gasteiger partial charge in [-0.05, 0) is 6.92 Å². The molecule has 2 N–H and O–H groups in total. The SMILES string of the molecule is CCOC(=O)C(N)=NCC#N. The summed E-state index contributed by atoms with van der Waals surface area (Å²) in [7, 11) is 0. The second-order valence-corrected chi connectivity index (χ2v) is 1.58. The molecule has 0 aliphatic carbocycles. The first-order valence-corrected chi connectivity index (χ1v) is 3.06. The minimum absolute atomic E-state index is 0.120. The molecule has 0 aliphatic rings. The number of amidine groups is 1. The van der Waals surface area contributed by atoms with Crippen molar-refractivity contribution in [1.29, 1.82) is 5.26 Å². The zero-order chi connectivity index (χ0) is 8.69. The zero-order valence-corrected chi connectivity index (χ0v) is 6.20. The van der Waals surface area contributed by atoms with Crippen LogP contribution >= 0.6 is 0 Å². The van der Waals surface area contributed by atoms with Gasteiger partial charge in [0.05, 0.1) is 12.7 Å². The van der Waals surface area contributed by atoms with Crippen molar-refractivity contribution in [2.24, 2.45) is 10.7 Å².